The topological polar surface area (TPSA) is 143 Å². The van der Waals surface area contributed by atoms with Crippen molar-refractivity contribution in [3.63, 3.8) is 0 Å². The Morgan fingerprint density at radius 1 is 0.892 bits per heavy atom. The number of aromatic nitrogens is 7. The van der Waals surface area contributed by atoms with Crippen LogP contribution < -0.4 is 10.6 Å². The Labute approximate surface area is 214 Å². The van der Waals surface area contributed by atoms with E-state index < -0.39 is 9.84 Å². The summed E-state index contributed by atoms with van der Waals surface area (Å²) in [5, 5.41) is 10.9. The standard InChI is InChI=1S/C25H27N9O2S/c1-13-9-19(33-34(13)5)17-7-8-18(21(10-17)37(6,35)36)30-20-11-22(32-25-24(20)28-16(4)29-25)31-23-12-26-14(2)15(3)27-23/h7-12H,1-6H3,(H3,27,28,29,30,31,32). The number of aryl methyl sites for hydroxylation is 5. The van der Waals surface area contributed by atoms with Crippen LogP contribution >= 0.6 is 0 Å². The van der Waals surface area contributed by atoms with E-state index in [0.717, 1.165) is 17.1 Å². The molecule has 5 rings (SSSR count). The van der Waals surface area contributed by atoms with Gasteiger partial charge in [0.2, 0.25) is 0 Å². The van der Waals surface area contributed by atoms with Crippen molar-refractivity contribution in [2.24, 2.45) is 7.05 Å². The Morgan fingerprint density at radius 3 is 2.35 bits per heavy atom. The lowest BCUT2D eigenvalue weighted by molar-refractivity contribution is 0.602. The molecular formula is C25H27N9O2S. The molecule has 190 valence electrons. The highest BCUT2D eigenvalue weighted by Crippen LogP contribution is 2.33. The summed E-state index contributed by atoms with van der Waals surface area (Å²) in [6.45, 7) is 7.56. The van der Waals surface area contributed by atoms with Crippen LogP contribution in [0.5, 0.6) is 0 Å². The molecule has 0 bridgehead atoms. The number of sulfone groups is 1. The van der Waals surface area contributed by atoms with Crippen LogP contribution in [0.4, 0.5) is 23.0 Å². The van der Waals surface area contributed by atoms with Gasteiger partial charge in [0.05, 0.1) is 39.5 Å². The molecule has 0 saturated carbocycles. The highest BCUT2D eigenvalue weighted by atomic mass is 32.2. The summed E-state index contributed by atoms with van der Waals surface area (Å²) in [4.78, 5) is 21.3. The lowest BCUT2D eigenvalue weighted by atomic mass is 10.1. The minimum absolute atomic E-state index is 0.153. The molecule has 0 aliphatic carbocycles. The van der Waals surface area contributed by atoms with Crippen molar-refractivity contribution in [2.45, 2.75) is 32.6 Å². The van der Waals surface area contributed by atoms with Gasteiger partial charge in [0.1, 0.15) is 23.0 Å². The van der Waals surface area contributed by atoms with E-state index in [2.05, 4.69) is 40.7 Å². The minimum Gasteiger partial charge on any atom is -0.352 e. The largest absolute Gasteiger partial charge is 0.352 e. The van der Waals surface area contributed by atoms with Gasteiger partial charge in [-0.2, -0.15) is 5.10 Å². The molecule has 3 N–H and O–H groups in total. The number of benzene rings is 1. The van der Waals surface area contributed by atoms with Crippen LogP contribution in [-0.2, 0) is 16.9 Å². The van der Waals surface area contributed by atoms with Crippen molar-refractivity contribution >= 4 is 44.0 Å². The van der Waals surface area contributed by atoms with E-state index in [1.54, 1.807) is 29.1 Å². The molecule has 1 aromatic carbocycles. The highest BCUT2D eigenvalue weighted by Gasteiger charge is 2.19. The Balaban J connectivity index is 1.58. The van der Waals surface area contributed by atoms with Gasteiger partial charge < -0.3 is 15.6 Å². The van der Waals surface area contributed by atoms with Gasteiger partial charge in [0.15, 0.2) is 15.5 Å². The third kappa shape index (κ3) is 4.87. The average Bonchev–Trinajstić information content (AvgIpc) is 3.37. The second-order valence-electron chi connectivity index (χ2n) is 9.03. The molecule has 37 heavy (non-hydrogen) atoms. The monoisotopic (exact) mass is 517 g/mol. The van der Waals surface area contributed by atoms with E-state index in [1.807, 2.05) is 46.9 Å². The summed E-state index contributed by atoms with van der Waals surface area (Å²) in [6, 6.07) is 8.90. The van der Waals surface area contributed by atoms with E-state index in [4.69, 9.17) is 0 Å². The summed E-state index contributed by atoms with van der Waals surface area (Å²) < 4.78 is 27.4. The summed E-state index contributed by atoms with van der Waals surface area (Å²) in [5.41, 5.74) is 6.17. The van der Waals surface area contributed by atoms with Gasteiger partial charge in [0, 0.05) is 30.6 Å². The van der Waals surface area contributed by atoms with E-state index in [-0.39, 0.29) is 4.90 Å². The maximum Gasteiger partial charge on any atom is 0.177 e. The third-order valence-corrected chi connectivity index (χ3v) is 7.22. The number of nitrogens with zero attached hydrogens (tertiary/aromatic N) is 6. The van der Waals surface area contributed by atoms with Crippen molar-refractivity contribution in [1.29, 1.82) is 0 Å². The van der Waals surface area contributed by atoms with Crippen molar-refractivity contribution in [3.05, 3.63) is 59.4 Å². The third-order valence-electron chi connectivity index (χ3n) is 6.08. The number of hydrogen-bond donors (Lipinski definition) is 3. The Bertz CT molecular complexity index is 1750. The highest BCUT2D eigenvalue weighted by molar-refractivity contribution is 7.90. The fraction of sp³-hybridized carbons (Fsp3) is 0.240. The van der Waals surface area contributed by atoms with Gasteiger partial charge in [-0.15, -0.1) is 0 Å². The molecule has 0 radical (unpaired) electrons. The van der Waals surface area contributed by atoms with Crippen LogP contribution in [-0.4, -0.2) is 49.4 Å². The normalized spacial score (nSPS) is 11.7. The smallest absolute Gasteiger partial charge is 0.177 e. The van der Waals surface area contributed by atoms with Crippen LogP contribution in [0.2, 0.25) is 0 Å². The van der Waals surface area contributed by atoms with Crippen molar-refractivity contribution in [3.8, 4) is 11.3 Å². The predicted octanol–water partition coefficient (Wildman–Crippen LogP) is 4.27. The summed E-state index contributed by atoms with van der Waals surface area (Å²) in [7, 11) is -1.73. The summed E-state index contributed by atoms with van der Waals surface area (Å²) in [6.07, 6.45) is 2.83. The molecule has 4 aromatic heterocycles. The average molecular weight is 518 g/mol. The van der Waals surface area contributed by atoms with Crippen molar-refractivity contribution in [2.75, 3.05) is 16.9 Å². The Kier molecular flexibility index (Phi) is 5.91. The number of pyridine rings is 1. The number of H-pyrrole nitrogens is 1. The Morgan fingerprint density at radius 2 is 1.68 bits per heavy atom. The number of fused-ring (bicyclic) bond motifs is 1. The molecule has 4 heterocycles. The SMILES string of the molecule is Cc1nc2c(Nc3ccc(-c4cc(C)n(C)n4)cc3S(C)(=O)=O)cc(Nc3cnc(C)c(C)n3)nc2[nH]1. The zero-order valence-corrected chi connectivity index (χ0v) is 22.2. The second kappa shape index (κ2) is 8.96. The van der Waals surface area contributed by atoms with Gasteiger partial charge in [-0.25, -0.2) is 23.4 Å². The number of aromatic amines is 1. The molecule has 12 heteroatoms. The molecule has 0 unspecified atom stereocenters. The number of nitrogens with one attached hydrogen (secondary N) is 3. The van der Waals surface area contributed by atoms with Crippen LogP contribution in [0, 0.1) is 27.7 Å². The first-order chi connectivity index (χ1) is 17.5. The predicted molar refractivity (Wildman–Crippen MR) is 143 cm³/mol. The van der Waals surface area contributed by atoms with Crippen LogP contribution in [0.3, 0.4) is 0 Å². The summed E-state index contributed by atoms with van der Waals surface area (Å²) in [5.74, 6) is 1.72. The molecule has 0 atom stereocenters. The minimum atomic E-state index is -3.58. The summed E-state index contributed by atoms with van der Waals surface area (Å²) >= 11 is 0. The number of anilines is 4. The number of rotatable bonds is 6. The first-order valence-electron chi connectivity index (χ1n) is 11.5. The van der Waals surface area contributed by atoms with Gasteiger partial charge in [0.25, 0.3) is 0 Å². The van der Waals surface area contributed by atoms with Gasteiger partial charge in [-0.1, -0.05) is 6.07 Å². The fourth-order valence-corrected chi connectivity index (χ4v) is 4.80. The number of imidazole rings is 1. The van der Waals surface area contributed by atoms with Crippen LogP contribution in [0.25, 0.3) is 22.4 Å². The molecule has 0 fully saturated rings. The first-order valence-corrected chi connectivity index (χ1v) is 13.4. The van der Waals surface area contributed by atoms with E-state index in [1.165, 1.54) is 6.26 Å². The lowest BCUT2D eigenvalue weighted by Gasteiger charge is -2.14. The lowest BCUT2D eigenvalue weighted by Crippen LogP contribution is -2.05. The quantitative estimate of drug-likeness (QED) is 0.301. The Hall–Kier alpha value is -4.32. The molecule has 0 aliphatic rings. The van der Waals surface area contributed by atoms with E-state index in [0.29, 0.717) is 51.3 Å². The maximum absolute atomic E-state index is 12.8. The van der Waals surface area contributed by atoms with Crippen molar-refractivity contribution < 1.29 is 8.42 Å². The molecule has 0 aliphatic heterocycles. The van der Waals surface area contributed by atoms with E-state index >= 15 is 0 Å². The second-order valence-corrected chi connectivity index (χ2v) is 11.0. The van der Waals surface area contributed by atoms with Crippen LogP contribution in [0.15, 0.2) is 41.4 Å². The molecule has 0 spiro atoms. The molecule has 5 aromatic rings. The van der Waals surface area contributed by atoms with E-state index in [9.17, 15) is 8.42 Å². The molecule has 0 saturated heterocycles. The molecular weight excluding hydrogens is 490 g/mol. The number of hydrogen-bond acceptors (Lipinski definition) is 9. The molecule has 11 nitrogen and oxygen atoms in total. The zero-order chi connectivity index (χ0) is 26.5. The van der Waals surface area contributed by atoms with Gasteiger partial charge >= 0.3 is 0 Å². The molecule has 0 amide bonds. The first kappa shape index (κ1) is 24.4. The fourth-order valence-electron chi connectivity index (χ4n) is 3.94. The van der Waals surface area contributed by atoms with Gasteiger partial charge in [-0.05, 0) is 45.9 Å². The van der Waals surface area contributed by atoms with Crippen LogP contribution in [0.1, 0.15) is 22.9 Å². The van der Waals surface area contributed by atoms with Crippen molar-refractivity contribution in [1.82, 2.24) is 34.7 Å². The maximum atomic E-state index is 12.8. The zero-order valence-electron chi connectivity index (χ0n) is 21.4. The van der Waals surface area contributed by atoms with Gasteiger partial charge in [-0.3, -0.25) is 9.67 Å².